The second kappa shape index (κ2) is 6.41. The van der Waals surface area contributed by atoms with Gasteiger partial charge in [-0.2, -0.15) is 0 Å². The van der Waals surface area contributed by atoms with E-state index >= 15 is 0 Å². The molecule has 1 amide bonds. The molecule has 0 saturated carbocycles. The van der Waals surface area contributed by atoms with E-state index in [0.717, 1.165) is 18.8 Å². The number of carbonyl (C=O) groups is 1. The van der Waals surface area contributed by atoms with Gasteiger partial charge in [0.05, 0.1) is 0 Å². The number of aromatic nitrogens is 1. The van der Waals surface area contributed by atoms with Gasteiger partial charge in [-0.1, -0.05) is 13.0 Å². The molecule has 0 saturated heterocycles. The van der Waals surface area contributed by atoms with Crippen LogP contribution in [0, 0.1) is 0 Å². The van der Waals surface area contributed by atoms with Crippen LogP contribution in [0.15, 0.2) is 18.2 Å². The number of amides is 1. The van der Waals surface area contributed by atoms with Gasteiger partial charge < -0.3 is 9.64 Å². The highest BCUT2D eigenvalue weighted by molar-refractivity contribution is 5.83. The summed E-state index contributed by atoms with van der Waals surface area (Å²) in [4.78, 5) is 18.1. The molecule has 0 radical (unpaired) electrons. The molecule has 0 aliphatic heterocycles. The van der Waals surface area contributed by atoms with Gasteiger partial charge >= 0.3 is 6.09 Å². The molecule has 0 atom stereocenters. The van der Waals surface area contributed by atoms with Crippen LogP contribution >= 0.6 is 0 Å². The van der Waals surface area contributed by atoms with Crippen LogP contribution in [0.2, 0.25) is 0 Å². The number of ether oxygens (including phenoxy) is 1. The minimum Gasteiger partial charge on any atom is -0.444 e. The zero-order valence-corrected chi connectivity index (χ0v) is 12.4. The van der Waals surface area contributed by atoms with E-state index in [1.807, 2.05) is 44.9 Å². The summed E-state index contributed by atoms with van der Waals surface area (Å²) in [5.41, 5.74) is -0.513. The van der Waals surface area contributed by atoms with Crippen LogP contribution < -0.4 is 10.2 Å². The molecule has 0 bridgehead atoms. The lowest BCUT2D eigenvalue weighted by molar-refractivity contribution is 0.0635. The van der Waals surface area contributed by atoms with E-state index in [2.05, 4.69) is 17.2 Å². The standard InChI is InChI=1S/C14H23N3O2/c1-6-10-17(5)12-9-7-8-11(15-12)16-13(18)19-14(2,3)4/h7-9H,6,10H2,1-5H3,(H,15,16,18). The van der Waals surface area contributed by atoms with E-state index in [0.29, 0.717) is 5.82 Å². The summed E-state index contributed by atoms with van der Waals surface area (Å²) >= 11 is 0. The fraction of sp³-hybridized carbons (Fsp3) is 0.571. The molecule has 106 valence electrons. The number of nitrogens with one attached hydrogen (secondary N) is 1. The van der Waals surface area contributed by atoms with Crippen LogP contribution in [-0.2, 0) is 4.74 Å². The van der Waals surface area contributed by atoms with E-state index in [1.54, 1.807) is 6.07 Å². The topological polar surface area (TPSA) is 54.5 Å². The normalized spacial score (nSPS) is 11.0. The van der Waals surface area contributed by atoms with Gasteiger partial charge in [0.25, 0.3) is 0 Å². The molecule has 0 unspecified atom stereocenters. The Kier molecular flexibility index (Phi) is 5.15. The number of hydrogen-bond donors (Lipinski definition) is 1. The van der Waals surface area contributed by atoms with E-state index in [9.17, 15) is 4.79 Å². The van der Waals surface area contributed by atoms with Gasteiger partial charge in [-0.05, 0) is 39.3 Å². The Hall–Kier alpha value is -1.78. The summed E-state index contributed by atoms with van der Waals surface area (Å²) in [6.45, 7) is 8.50. The molecule has 0 aromatic carbocycles. The number of nitrogens with zero attached hydrogens (tertiary/aromatic N) is 2. The Labute approximate surface area is 115 Å². The molecule has 0 spiro atoms. The largest absolute Gasteiger partial charge is 0.444 e. The molecular formula is C14H23N3O2. The van der Waals surface area contributed by atoms with Gasteiger partial charge in [-0.3, -0.25) is 5.32 Å². The van der Waals surface area contributed by atoms with Gasteiger partial charge in [-0.15, -0.1) is 0 Å². The van der Waals surface area contributed by atoms with Gasteiger partial charge in [-0.25, -0.2) is 9.78 Å². The Morgan fingerprint density at radius 2 is 2.11 bits per heavy atom. The Morgan fingerprint density at radius 1 is 1.42 bits per heavy atom. The minimum atomic E-state index is -0.513. The third-order valence-corrected chi connectivity index (χ3v) is 2.31. The molecule has 1 rings (SSSR count). The first-order valence-electron chi connectivity index (χ1n) is 6.50. The summed E-state index contributed by atoms with van der Waals surface area (Å²) in [5.74, 6) is 1.32. The van der Waals surface area contributed by atoms with Crippen molar-refractivity contribution in [1.29, 1.82) is 0 Å². The maximum absolute atomic E-state index is 11.6. The van der Waals surface area contributed by atoms with Crippen LogP contribution in [0.5, 0.6) is 0 Å². The van der Waals surface area contributed by atoms with Crippen molar-refractivity contribution in [2.75, 3.05) is 23.8 Å². The summed E-state index contributed by atoms with van der Waals surface area (Å²) < 4.78 is 5.19. The van der Waals surface area contributed by atoms with E-state index < -0.39 is 11.7 Å². The van der Waals surface area contributed by atoms with E-state index in [4.69, 9.17) is 4.74 Å². The Balaban J connectivity index is 2.69. The molecule has 1 heterocycles. The van der Waals surface area contributed by atoms with Crippen LogP contribution in [0.3, 0.4) is 0 Å². The molecule has 0 aliphatic carbocycles. The maximum atomic E-state index is 11.6. The Bertz CT molecular complexity index is 427. The number of pyridine rings is 1. The number of hydrogen-bond acceptors (Lipinski definition) is 4. The monoisotopic (exact) mass is 265 g/mol. The lowest BCUT2D eigenvalue weighted by Crippen LogP contribution is -2.27. The molecule has 0 fully saturated rings. The van der Waals surface area contributed by atoms with Crippen LogP contribution in [0.25, 0.3) is 0 Å². The highest BCUT2D eigenvalue weighted by Crippen LogP contribution is 2.14. The fourth-order valence-corrected chi connectivity index (χ4v) is 1.56. The maximum Gasteiger partial charge on any atom is 0.413 e. The lowest BCUT2D eigenvalue weighted by Gasteiger charge is -2.20. The fourth-order valence-electron chi connectivity index (χ4n) is 1.56. The van der Waals surface area contributed by atoms with Crippen molar-refractivity contribution < 1.29 is 9.53 Å². The van der Waals surface area contributed by atoms with Crippen LogP contribution in [-0.4, -0.2) is 30.3 Å². The van der Waals surface area contributed by atoms with Crippen molar-refractivity contribution in [2.24, 2.45) is 0 Å². The summed E-state index contributed by atoms with van der Waals surface area (Å²) in [6, 6.07) is 5.52. The molecule has 5 nitrogen and oxygen atoms in total. The van der Waals surface area contributed by atoms with Gasteiger partial charge in [0, 0.05) is 13.6 Å². The van der Waals surface area contributed by atoms with Crippen molar-refractivity contribution in [3.63, 3.8) is 0 Å². The first kappa shape index (κ1) is 15.3. The highest BCUT2D eigenvalue weighted by Gasteiger charge is 2.16. The van der Waals surface area contributed by atoms with E-state index in [-0.39, 0.29) is 0 Å². The number of carbonyl (C=O) groups excluding carboxylic acids is 1. The summed E-state index contributed by atoms with van der Waals surface area (Å²) in [5, 5.41) is 2.64. The summed E-state index contributed by atoms with van der Waals surface area (Å²) in [6.07, 6.45) is 0.553. The Morgan fingerprint density at radius 3 is 2.68 bits per heavy atom. The SMILES string of the molecule is CCCN(C)c1cccc(NC(=O)OC(C)(C)C)n1. The average molecular weight is 265 g/mol. The molecular weight excluding hydrogens is 242 g/mol. The molecule has 1 aromatic rings. The van der Waals surface area contributed by atoms with Crippen molar-refractivity contribution in [1.82, 2.24) is 4.98 Å². The minimum absolute atomic E-state index is 0.490. The zero-order chi connectivity index (χ0) is 14.5. The second-order valence-corrected chi connectivity index (χ2v) is 5.43. The van der Waals surface area contributed by atoms with Gasteiger partial charge in [0.15, 0.2) is 0 Å². The first-order valence-corrected chi connectivity index (χ1v) is 6.50. The predicted octanol–water partition coefficient (Wildman–Crippen LogP) is 3.27. The van der Waals surface area contributed by atoms with Crippen molar-refractivity contribution in [2.45, 2.75) is 39.7 Å². The molecule has 0 aliphatic rings. The van der Waals surface area contributed by atoms with Crippen LogP contribution in [0.1, 0.15) is 34.1 Å². The molecule has 19 heavy (non-hydrogen) atoms. The van der Waals surface area contributed by atoms with Crippen molar-refractivity contribution in [3.8, 4) is 0 Å². The van der Waals surface area contributed by atoms with Crippen molar-refractivity contribution in [3.05, 3.63) is 18.2 Å². The summed E-state index contributed by atoms with van der Waals surface area (Å²) in [7, 11) is 1.98. The highest BCUT2D eigenvalue weighted by atomic mass is 16.6. The average Bonchev–Trinajstić information content (AvgIpc) is 2.27. The molecule has 1 N–H and O–H groups in total. The second-order valence-electron chi connectivity index (χ2n) is 5.43. The van der Waals surface area contributed by atoms with Gasteiger partial charge in [0.2, 0.25) is 0 Å². The zero-order valence-electron chi connectivity index (χ0n) is 12.4. The quantitative estimate of drug-likeness (QED) is 0.907. The lowest BCUT2D eigenvalue weighted by atomic mass is 10.2. The van der Waals surface area contributed by atoms with E-state index in [1.165, 1.54) is 0 Å². The smallest absolute Gasteiger partial charge is 0.413 e. The van der Waals surface area contributed by atoms with Crippen LogP contribution in [0.4, 0.5) is 16.4 Å². The first-order chi connectivity index (χ1) is 8.81. The predicted molar refractivity (Wildman–Crippen MR) is 77.7 cm³/mol. The number of rotatable bonds is 4. The van der Waals surface area contributed by atoms with Crippen molar-refractivity contribution >= 4 is 17.7 Å². The molecule has 1 aromatic heterocycles. The van der Waals surface area contributed by atoms with Gasteiger partial charge in [0.1, 0.15) is 17.2 Å². The molecule has 5 heteroatoms. The third-order valence-electron chi connectivity index (χ3n) is 2.31. The number of anilines is 2. The third kappa shape index (κ3) is 5.59.